The molecule has 0 fully saturated rings. The standard InChI is InChI=1S/C21H23NO5/c1-4-26-18-12-10-16(14-19(18)25-3)11-13-20(23)27-15(2)21(24)22-17-8-6-5-7-9-17/h5-15H,4H2,1-3H3,(H,22,24)/b13-11+/t15-/m1/s1. The minimum Gasteiger partial charge on any atom is -0.493 e. The summed E-state index contributed by atoms with van der Waals surface area (Å²) in [5, 5.41) is 2.68. The van der Waals surface area contributed by atoms with E-state index in [1.165, 1.54) is 13.0 Å². The Morgan fingerprint density at radius 3 is 2.52 bits per heavy atom. The van der Waals surface area contributed by atoms with E-state index in [0.29, 0.717) is 23.8 Å². The number of carbonyl (C=O) groups is 2. The number of carbonyl (C=O) groups excluding carboxylic acids is 2. The smallest absolute Gasteiger partial charge is 0.331 e. The Kier molecular flexibility index (Phi) is 7.43. The molecule has 0 bridgehead atoms. The van der Waals surface area contributed by atoms with Gasteiger partial charge in [0.05, 0.1) is 13.7 Å². The van der Waals surface area contributed by atoms with Crippen molar-refractivity contribution in [2.24, 2.45) is 0 Å². The lowest BCUT2D eigenvalue weighted by Gasteiger charge is -2.12. The maximum Gasteiger partial charge on any atom is 0.331 e. The molecule has 1 amide bonds. The van der Waals surface area contributed by atoms with Crippen molar-refractivity contribution in [2.45, 2.75) is 20.0 Å². The van der Waals surface area contributed by atoms with Crippen LogP contribution in [-0.4, -0.2) is 31.7 Å². The topological polar surface area (TPSA) is 73.9 Å². The molecule has 0 aliphatic heterocycles. The first-order valence-corrected chi connectivity index (χ1v) is 8.59. The Balaban J connectivity index is 1.93. The molecule has 2 aromatic carbocycles. The lowest BCUT2D eigenvalue weighted by atomic mass is 10.2. The van der Waals surface area contributed by atoms with Gasteiger partial charge in [-0.05, 0) is 49.8 Å². The minimum atomic E-state index is -0.919. The number of rotatable bonds is 8. The van der Waals surface area contributed by atoms with Crippen molar-refractivity contribution < 1.29 is 23.8 Å². The second kappa shape index (κ2) is 10.0. The first-order valence-electron chi connectivity index (χ1n) is 8.59. The number of ether oxygens (including phenoxy) is 3. The molecule has 142 valence electrons. The fourth-order valence-corrected chi connectivity index (χ4v) is 2.26. The van der Waals surface area contributed by atoms with Gasteiger partial charge < -0.3 is 19.5 Å². The first kappa shape index (κ1) is 20.0. The van der Waals surface area contributed by atoms with Crippen LogP contribution in [0.3, 0.4) is 0 Å². The van der Waals surface area contributed by atoms with Crippen LogP contribution in [0.2, 0.25) is 0 Å². The molecule has 0 aliphatic rings. The average molecular weight is 369 g/mol. The Morgan fingerprint density at radius 1 is 1.11 bits per heavy atom. The summed E-state index contributed by atoms with van der Waals surface area (Å²) in [7, 11) is 1.55. The number of nitrogens with one attached hydrogen (secondary N) is 1. The zero-order valence-corrected chi connectivity index (χ0v) is 15.6. The number of amides is 1. The minimum absolute atomic E-state index is 0.398. The summed E-state index contributed by atoms with van der Waals surface area (Å²) in [4.78, 5) is 24.0. The van der Waals surface area contributed by atoms with Crippen molar-refractivity contribution in [1.29, 1.82) is 0 Å². The highest BCUT2D eigenvalue weighted by Crippen LogP contribution is 2.28. The van der Waals surface area contributed by atoms with Gasteiger partial charge in [0, 0.05) is 11.8 Å². The fourth-order valence-electron chi connectivity index (χ4n) is 2.26. The van der Waals surface area contributed by atoms with Gasteiger partial charge in [-0.25, -0.2) is 4.79 Å². The number of hydrogen-bond acceptors (Lipinski definition) is 5. The third kappa shape index (κ3) is 6.18. The highest BCUT2D eigenvalue weighted by atomic mass is 16.5. The molecule has 0 heterocycles. The second-order valence-corrected chi connectivity index (χ2v) is 5.61. The van der Waals surface area contributed by atoms with E-state index in [4.69, 9.17) is 14.2 Å². The van der Waals surface area contributed by atoms with E-state index in [9.17, 15) is 9.59 Å². The van der Waals surface area contributed by atoms with Gasteiger partial charge in [0.1, 0.15) is 0 Å². The first-order chi connectivity index (χ1) is 13.0. The molecule has 2 aromatic rings. The Labute approximate surface area is 158 Å². The van der Waals surface area contributed by atoms with Crippen LogP contribution in [0.5, 0.6) is 11.5 Å². The third-order valence-corrected chi connectivity index (χ3v) is 3.60. The van der Waals surface area contributed by atoms with Gasteiger partial charge in [-0.3, -0.25) is 4.79 Å². The zero-order chi connectivity index (χ0) is 19.6. The summed E-state index contributed by atoms with van der Waals surface area (Å²) < 4.78 is 15.9. The van der Waals surface area contributed by atoms with E-state index in [0.717, 1.165) is 5.56 Å². The highest BCUT2D eigenvalue weighted by molar-refractivity contribution is 5.96. The lowest BCUT2D eigenvalue weighted by molar-refractivity contribution is -0.148. The number of anilines is 1. The van der Waals surface area contributed by atoms with Gasteiger partial charge in [-0.2, -0.15) is 0 Å². The number of benzene rings is 2. The van der Waals surface area contributed by atoms with E-state index in [1.807, 2.05) is 13.0 Å². The van der Waals surface area contributed by atoms with E-state index >= 15 is 0 Å². The molecule has 1 atom stereocenters. The van der Waals surface area contributed by atoms with Gasteiger partial charge in [0.25, 0.3) is 5.91 Å². The van der Waals surface area contributed by atoms with Gasteiger partial charge in [0.15, 0.2) is 17.6 Å². The largest absolute Gasteiger partial charge is 0.493 e. The molecule has 2 rings (SSSR count). The summed E-state index contributed by atoms with van der Waals surface area (Å²) in [6.07, 6.45) is 1.93. The molecule has 27 heavy (non-hydrogen) atoms. The summed E-state index contributed by atoms with van der Waals surface area (Å²) >= 11 is 0. The van der Waals surface area contributed by atoms with Crippen molar-refractivity contribution in [3.05, 3.63) is 60.2 Å². The van der Waals surface area contributed by atoms with Gasteiger partial charge >= 0.3 is 5.97 Å². The van der Waals surface area contributed by atoms with Crippen molar-refractivity contribution in [3.8, 4) is 11.5 Å². The van der Waals surface area contributed by atoms with Crippen molar-refractivity contribution in [2.75, 3.05) is 19.0 Å². The molecular formula is C21H23NO5. The van der Waals surface area contributed by atoms with E-state index in [-0.39, 0.29) is 0 Å². The van der Waals surface area contributed by atoms with Crippen molar-refractivity contribution in [3.63, 3.8) is 0 Å². The monoisotopic (exact) mass is 369 g/mol. The van der Waals surface area contributed by atoms with Gasteiger partial charge in [0.2, 0.25) is 0 Å². The van der Waals surface area contributed by atoms with Crippen LogP contribution < -0.4 is 14.8 Å². The molecule has 6 heteroatoms. The third-order valence-electron chi connectivity index (χ3n) is 3.60. The summed E-state index contributed by atoms with van der Waals surface area (Å²) in [5.74, 6) is 0.193. The molecule has 6 nitrogen and oxygen atoms in total. The molecule has 0 saturated heterocycles. The molecule has 1 N–H and O–H groups in total. The number of hydrogen-bond donors (Lipinski definition) is 1. The number of esters is 1. The normalized spacial score (nSPS) is 11.7. The van der Waals surface area contributed by atoms with Crippen LogP contribution in [0.25, 0.3) is 6.08 Å². The van der Waals surface area contributed by atoms with Crippen molar-refractivity contribution in [1.82, 2.24) is 0 Å². The predicted molar refractivity (Wildman–Crippen MR) is 104 cm³/mol. The SMILES string of the molecule is CCOc1ccc(/C=C/C(=O)O[C@H](C)C(=O)Nc2ccccc2)cc1OC. The predicted octanol–water partition coefficient (Wildman–Crippen LogP) is 3.68. The quantitative estimate of drug-likeness (QED) is 0.568. The van der Waals surface area contributed by atoms with Crippen LogP contribution >= 0.6 is 0 Å². The Bertz CT molecular complexity index is 801. The van der Waals surface area contributed by atoms with E-state index < -0.39 is 18.0 Å². The van der Waals surface area contributed by atoms with Crippen LogP contribution in [0.1, 0.15) is 19.4 Å². The molecule has 0 saturated carbocycles. The van der Waals surface area contributed by atoms with Gasteiger partial charge in [-0.1, -0.05) is 24.3 Å². The maximum absolute atomic E-state index is 12.1. The van der Waals surface area contributed by atoms with E-state index in [2.05, 4.69) is 5.32 Å². The molecule has 0 aliphatic carbocycles. The molecular weight excluding hydrogens is 346 g/mol. The van der Waals surface area contributed by atoms with Crippen LogP contribution in [0, 0.1) is 0 Å². The van der Waals surface area contributed by atoms with Crippen LogP contribution in [-0.2, 0) is 14.3 Å². The van der Waals surface area contributed by atoms with Crippen molar-refractivity contribution >= 4 is 23.6 Å². The number of methoxy groups -OCH3 is 1. The summed E-state index contributed by atoms with van der Waals surface area (Å²) in [6, 6.07) is 14.3. The average Bonchev–Trinajstić information content (AvgIpc) is 2.68. The summed E-state index contributed by atoms with van der Waals surface area (Å²) in [6.45, 7) is 3.93. The Hall–Kier alpha value is -3.28. The molecule has 0 spiro atoms. The fraction of sp³-hybridized carbons (Fsp3) is 0.238. The molecule has 0 aromatic heterocycles. The van der Waals surface area contributed by atoms with E-state index in [1.54, 1.807) is 55.7 Å². The zero-order valence-electron chi connectivity index (χ0n) is 15.6. The van der Waals surface area contributed by atoms with Crippen LogP contribution in [0.15, 0.2) is 54.6 Å². The van der Waals surface area contributed by atoms with Gasteiger partial charge in [-0.15, -0.1) is 0 Å². The second-order valence-electron chi connectivity index (χ2n) is 5.61. The summed E-state index contributed by atoms with van der Waals surface area (Å²) in [5.41, 5.74) is 1.39. The lowest BCUT2D eigenvalue weighted by Crippen LogP contribution is -2.29. The Morgan fingerprint density at radius 2 is 1.85 bits per heavy atom. The van der Waals surface area contributed by atoms with Crippen LogP contribution in [0.4, 0.5) is 5.69 Å². The number of para-hydroxylation sites is 1. The molecule has 0 radical (unpaired) electrons. The molecule has 0 unspecified atom stereocenters. The highest BCUT2D eigenvalue weighted by Gasteiger charge is 2.16. The maximum atomic E-state index is 12.1.